The van der Waals surface area contributed by atoms with Crippen LogP contribution in [0.15, 0.2) is 64.3 Å². The van der Waals surface area contributed by atoms with Gasteiger partial charge in [0.05, 0.1) is 10.4 Å². The van der Waals surface area contributed by atoms with E-state index in [-0.39, 0.29) is 44.0 Å². The van der Waals surface area contributed by atoms with Gasteiger partial charge in [-0.1, -0.05) is 31.2 Å². The molecule has 1 atom stereocenters. The van der Waals surface area contributed by atoms with Crippen LogP contribution in [0.1, 0.15) is 24.5 Å². The maximum Gasteiger partial charge on any atom is 0.573 e. The summed E-state index contributed by atoms with van der Waals surface area (Å²) in [6.07, 6.45) is -5.37. The third-order valence-electron chi connectivity index (χ3n) is 6.54. The Morgan fingerprint density at radius 3 is 2.30 bits per heavy atom. The molecule has 0 spiro atoms. The molecule has 0 unspecified atom stereocenters. The molecule has 17 heteroatoms. The zero-order valence-electron chi connectivity index (χ0n) is 22.5. The van der Waals surface area contributed by atoms with Gasteiger partial charge in [0, 0.05) is 43.5 Å². The first-order valence-corrected chi connectivity index (χ1v) is 15.1. The van der Waals surface area contributed by atoms with Crippen molar-refractivity contribution >= 4 is 39.1 Å². The number of alkyl halides is 5. The summed E-state index contributed by atoms with van der Waals surface area (Å²) in [5, 5.41) is 6.73. The van der Waals surface area contributed by atoms with E-state index in [1.54, 1.807) is 5.38 Å². The normalized spacial score (nSPS) is 16.5. The van der Waals surface area contributed by atoms with E-state index in [1.807, 2.05) is 0 Å². The minimum absolute atomic E-state index is 0.110. The standard InChI is InChI=1S/C26H26F5N5O5S2/c1-2-25(27,28)18-5-3-17(4-6-18)13-32-23(37)21-14-35(24(38)34-22-15-42-16-33-22)11-12-36(21)43(39,40)20-9-7-19(8-10-20)41-26(29,30)31/h3-10,15-16,21H,2,11-14H2,1H3,(H,32,37)(H,34,38)/t21-/m1/s1. The maximum atomic E-state index is 14.0. The number of thiazole rings is 1. The Labute approximate surface area is 247 Å². The molecule has 3 amide bonds. The van der Waals surface area contributed by atoms with E-state index in [0.717, 1.165) is 28.6 Å². The van der Waals surface area contributed by atoms with Crippen molar-refractivity contribution in [3.63, 3.8) is 0 Å². The summed E-state index contributed by atoms with van der Waals surface area (Å²) in [7, 11) is -4.44. The van der Waals surface area contributed by atoms with E-state index in [9.17, 15) is 40.0 Å². The molecule has 1 saturated heterocycles. The van der Waals surface area contributed by atoms with Gasteiger partial charge in [0.1, 0.15) is 17.6 Å². The number of rotatable bonds is 9. The molecule has 0 radical (unpaired) electrons. The van der Waals surface area contributed by atoms with E-state index in [4.69, 9.17) is 0 Å². The molecule has 1 fully saturated rings. The van der Waals surface area contributed by atoms with E-state index in [0.29, 0.717) is 5.56 Å². The number of hydrogen-bond donors (Lipinski definition) is 2. The minimum atomic E-state index is -4.98. The second kappa shape index (κ2) is 12.8. The number of ether oxygens (including phenoxy) is 1. The van der Waals surface area contributed by atoms with Gasteiger partial charge in [-0.25, -0.2) is 27.0 Å². The number of nitrogens with one attached hydrogen (secondary N) is 2. The van der Waals surface area contributed by atoms with Gasteiger partial charge < -0.3 is 15.0 Å². The lowest BCUT2D eigenvalue weighted by Crippen LogP contribution is -2.61. The minimum Gasteiger partial charge on any atom is -0.406 e. The SMILES string of the molecule is CCC(F)(F)c1ccc(CNC(=O)[C@H]2CN(C(=O)Nc3cscn3)CCN2S(=O)(=O)c2ccc(OC(F)(F)F)cc2)cc1. The summed E-state index contributed by atoms with van der Waals surface area (Å²) in [5.41, 5.74) is 1.77. The molecule has 0 bridgehead atoms. The van der Waals surface area contributed by atoms with E-state index >= 15 is 0 Å². The fourth-order valence-electron chi connectivity index (χ4n) is 4.24. The van der Waals surface area contributed by atoms with Crippen molar-refractivity contribution in [1.29, 1.82) is 0 Å². The number of piperazine rings is 1. The van der Waals surface area contributed by atoms with Crippen LogP contribution in [0.4, 0.5) is 32.6 Å². The van der Waals surface area contributed by atoms with E-state index in [2.05, 4.69) is 20.4 Å². The van der Waals surface area contributed by atoms with Crippen LogP contribution in [0.2, 0.25) is 0 Å². The predicted molar refractivity (Wildman–Crippen MR) is 146 cm³/mol. The number of nitrogens with zero attached hydrogens (tertiary/aromatic N) is 3. The van der Waals surface area contributed by atoms with Crippen molar-refractivity contribution in [3.05, 3.63) is 70.5 Å². The summed E-state index contributed by atoms with van der Waals surface area (Å²) < 4.78 is 97.3. The predicted octanol–water partition coefficient (Wildman–Crippen LogP) is 4.77. The highest BCUT2D eigenvalue weighted by molar-refractivity contribution is 7.89. The molecule has 3 aromatic rings. The quantitative estimate of drug-likeness (QED) is 0.323. The summed E-state index contributed by atoms with van der Waals surface area (Å²) in [6, 6.07) is 6.73. The van der Waals surface area contributed by atoms with Crippen molar-refractivity contribution < 1.29 is 44.7 Å². The van der Waals surface area contributed by atoms with Gasteiger partial charge in [0.25, 0.3) is 5.92 Å². The molecule has 43 heavy (non-hydrogen) atoms. The van der Waals surface area contributed by atoms with E-state index < -0.39 is 50.9 Å². The lowest BCUT2D eigenvalue weighted by molar-refractivity contribution is -0.274. The molecule has 2 N–H and O–H groups in total. The molecule has 232 valence electrons. The highest BCUT2D eigenvalue weighted by Gasteiger charge is 2.41. The molecule has 10 nitrogen and oxygen atoms in total. The Morgan fingerprint density at radius 2 is 1.72 bits per heavy atom. The second-order valence-corrected chi connectivity index (χ2v) is 12.0. The molecule has 0 saturated carbocycles. The number of urea groups is 1. The van der Waals surface area contributed by atoms with Crippen LogP contribution in [0.25, 0.3) is 0 Å². The second-order valence-electron chi connectivity index (χ2n) is 9.37. The third-order valence-corrected chi connectivity index (χ3v) is 9.05. The highest BCUT2D eigenvalue weighted by atomic mass is 32.2. The Morgan fingerprint density at radius 1 is 1.05 bits per heavy atom. The van der Waals surface area contributed by atoms with Crippen molar-refractivity contribution in [2.45, 2.75) is 43.1 Å². The van der Waals surface area contributed by atoms with Crippen LogP contribution >= 0.6 is 11.3 Å². The summed E-state index contributed by atoms with van der Waals surface area (Å²) in [6.45, 7) is 0.435. The van der Waals surface area contributed by atoms with Crippen LogP contribution in [0.5, 0.6) is 5.75 Å². The van der Waals surface area contributed by atoms with Gasteiger partial charge in [-0.3, -0.25) is 10.1 Å². The van der Waals surface area contributed by atoms with Gasteiger partial charge in [-0.15, -0.1) is 24.5 Å². The molecule has 2 aromatic carbocycles. The van der Waals surface area contributed by atoms with Crippen molar-refractivity contribution in [1.82, 2.24) is 19.5 Å². The summed E-state index contributed by atoms with van der Waals surface area (Å²) in [4.78, 5) is 31.0. The number of amides is 3. The molecule has 4 rings (SSSR count). The first kappa shape index (κ1) is 32.1. The molecule has 2 heterocycles. The van der Waals surface area contributed by atoms with Gasteiger partial charge in [-0.05, 0) is 29.8 Å². The largest absolute Gasteiger partial charge is 0.573 e. The monoisotopic (exact) mass is 647 g/mol. The fraction of sp³-hybridized carbons (Fsp3) is 0.346. The molecular formula is C26H26F5N5O5S2. The van der Waals surface area contributed by atoms with Gasteiger partial charge in [-0.2, -0.15) is 4.31 Å². The molecule has 1 aliphatic heterocycles. The van der Waals surface area contributed by atoms with Gasteiger partial charge in [0.2, 0.25) is 15.9 Å². The Hall–Kier alpha value is -3.83. The zero-order valence-corrected chi connectivity index (χ0v) is 24.1. The summed E-state index contributed by atoms with van der Waals surface area (Å²) >= 11 is 1.24. The topological polar surface area (TPSA) is 121 Å². The Bertz CT molecular complexity index is 1520. The number of carbonyl (C=O) groups excluding carboxylic acids is 2. The van der Waals surface area contributed by atoms with Crippen LogP contribution in [-0.2, 0) is 27.3 Å². The number of aromatic nitrogens is 1. The number of anilines is 1. The fourth-order valence-corrected chi connectivity index (χ4v) is 6.30. The van der Waals surface area contributed by atoms with Gasteiger partial charge in [0.15, 0.2) is 0 Å². The van der Waals surface area contributed by atoms with Crippen LogP contribution in [-0.4, -0.2) is 66.6 Å². The Kier molecular flexibility index (Phi) is 9.56. The van der Waals surface area contributed by atoms with E-state index in [1.165, 1.54) is 52.9 Å². The van der Waals surface area contributed by atoms with Crippen molar-refractivity contribution in [2.75, 3.05) is 25.0 Å². The Balaban J connectivity index is 1.54. The lowest BCUT2D eigenvalue weighted by Gasteiger charge is -2.39. The van der Waals surface area contributed by atoms with Gasteiger partial charge >= 0.3 is 12.4 Å². The number of sulfonamides is 1. The highest BCUT2D eigenvalue weighted by Crippen LogP contribution is 2.31. The first-order chi connectivity index (χ1) is 20.2. The van der Waals surface area contributed by atoms with Crippen LogP contribution in [0.3, 0.4) is 0 Å². The first-order valence-electron chi connectivity index (χ1n) is 12.8. The molecule has 1 aliphatic rings. The number of hydrogen-bond acceptors (Lipinski definition) is 7. The maximum absolute atomic E-state index is 14.0. The van der Waals surface area contributed by atoms with Crippen molar-refractivity contribution in [2.24, 2.45) is 0 Å². The average molecular weight is 648 g/mol. The molecule has 0 aliphatic carbocycles. The third kappa shape index (κ3) is 7.97. The lowest BCUT2D eigenvalue weighted by atomic mass is 10.0. The smallest absolute Gasteiger partial charge is 0.406 e. The average Bonchev–Trinajstić information content (AvgIpc) is 3.48. The van der Waals surface area contributed by atoms with Crippen LogP contribution in [0, 0.1) is 0 Å². The molecule has 1 aromatic heterocycles. The number of carbonyl (C=O) groups is 2. The van der Waals surface area contributed by atoms with Crippen LogP contribution < -0.4 is 15.4 Å². The number of halogens is 5. The summed E-state index contributed by atoms with van der Waals surface area (Å²) in [5.74, 6) is -4.16. The number of benzene rings is 2. The van der Waals surface area contributed by atoms with Crippen molar-refractivity contribution in [3.8, 4) is 5.75 Å². The zero-order chi connectivity index (χ0) is 31.4. The molecular weight excluding hydrogens is 621 g/mol.